The molecular weight excluding hydrogens is 202 g/mol. The maximum atomic E-state index is 3.66. The van der Waals surface area contributed by atoms with E-state index in [9.17, 15) is 0 Å². The molecule has 0 aromatic carbocycles. The Labute approximate surface area is 96.9 Å². The van der Waals surface area contributed by atoms with E-state index in [0.29, 0.717) is 11.5 Å². The molecule has 0 saturated heterocycles. The van der Waals surface area contributed by atoms with Crippen LogP contribution in [0.4, 0.5) is 5.69 Å². The van der Waals surface area contributed by atoms with E-state index >= 15 is 0 Å². The van der Waals surface area contributed by atoms with Crippen LogP contribution in [0.2, 0.25) is 0 Å². The normalized spacial score (nSPS) is 30.1. The van der Waals surface area contributed by atoms with Gasteiger partial charge < -0.3 is 5.32 Å². The molecule has 1 aliphatic rings. The highest BCUT2D eigenvalue weighted by atomic mass is 32.1. The molecule has 1 saturated carbocycles. The fourth-order valence-electron chi connectivity index (χ4n) is 2.72. The van der Waals surface area contributed by atoms with Crippen molar-refractivity contribution in [3.05, 3.63) is 16.8 Å². The summed E-state index contributed by atoms with van der Waals surface area (Å²) in [5.41, 5.74) is 1.85. The van der Waals surface area contributed by atoms with Crippen LogP contribution >= 0.6 is 11.3 Å². The first-order valence-electron chi connectivity index (χ1n) is 5.86. The van der Waals surface area contributed by atoms with Crippen molar-refractivity contribution in [2.24, 2.45) is 11.3 Å². The minimum atomic E-state index is 0.548. The zero-order valence-corrected chi connectivity index (χ0v) is 10.7. The summed E-state index contributed by atoms with van der Waals surface area (Å²) in [4.78, 5) is 0. The summed E-state index contributed by atoms with van der Waals surface area (Å²) in [5.74, 6) is 0.786. The quantitative estimate of drug-likeness (QED) is 0.785. The van der Waals surface area contributed by atoms with Crippen LogP contribution in [0.25, 0.3) is 0 Å². The predicted octanol–water partition coefficient (Wildman–Crippen LogP) is 4.37. The van der Waals surface area contributed by atoms with Crippen LogP contribution in [0.15, 0.2) is 16.8 Å². The van der Waals surface area contributed by atoms with Gasteiger partial charge in [0.1, 0.15) is 0 Å². The van der Waals surface area contributed by atoms with Crippen LogP contribution in [0.5, 0.6) is 0 Å². The number of thiophene rings is 1. The predicted molar refractivity (Wildman–Crippen MR) is 68.5 cm³/mol. The van der Waals surface area contributed by atoms with Crippen LogP contribution in [0.1, 0.15) is 40.0 Å². The van der Waals surface area contributed by atoms with Crippen molar-refractivity contribution in [2.45, 2.75) is 46.1 Å². The summed E-state index contributed by atoms with van der Waals surface area (Å²) >= 11 is 1.77. The molecule has 0 amide bonds. The SMILES string of the molecule is CC1CC(C)(C)CCC1Nc1ccsc1. The zero-order valence-electron chi connectivity index (χ0n) is 9.92. The first-order chi connectivity index (χ1) is 7.07. The number of nitrogens with one attached hydrogen (secondary N) is 1. The van der Waals surface area contributed by atoms with E-state index in [1.165, 1.54) is 24.9 Å². The van der Waals surface area contributed by atoms with Crippen molar-refractivity contribution in [1.29, 1.82) is 0 Å². The van der Waals surface area contributed by atoms with Gasteiger partial charge in [-0.25, -0.2) is 0 Å². The Morgan fingerprint density at radius 3 is 2.87 bits per heavy atom. The molecule has 1 heterocycles. The number of rotatable bonds is 2. The van der Waals surface area contributed by atoms with E-state index in [4.69, 9.17) is 0 Å². The molecule has 1 aromatic heterocycles. The van der Waals surface area contributed by atoms with Gasteiger partial charge in [0.15, 0.2) is 0 Å². The first-order valence-corrected chi connectivity index (χ1v) is 6.80. The number of hydrogen-bond acceptors (Lipinski definition) is 2. The van der Waals surface area contributed by atoms with Gasteiger partial charge in [-0.15, -0.1) is 0 Å². The second kappa shape index (κ2) is 4.17. The highest BCUT2D eigenvalue weighted by molar-refractivity contribution is 7.08. The van der Waals surface area contributed by atoms with E-state index in [1.54, 1.807) is 11.3 Å². The molecule has 0 spiro atoms. The third-order valence-electron chi connectivity index (χ3n) is 3.57. The van der Waals surface area contributed by atoms with Gasteiger partial charge in [-0.1, -0.05) is 20.8 Å². The van der Waals surface area contributed by atoms with Crippen LogP contribution in [-0.2, 0) is 0 Å². The standard InChI is InChI=1S/C13H21NS/c1-10-8-13(2,3)6-4-12(10)14-11-5-7-15-9-11/h5,7,9-10,12,14H,4,6,8H2,1-3H3. The summed E-state index contributed by atoms with van der Waals surface area (Å²) in [6.07, 6.45) is 4.00. The van der Waals surface area contributed by atoms with Crippen molar-refractivity contribution >= 4 is 17.0 Å². The average molecular weight is 223 g/mol. The van der Waals surface area contributed by atoms with Gasteiger partial charge in [-0.05, 0) is 42.0 Å². The monoisotopic (exact) mass is 223 g/mol. The maximum absolute atomic E-state index is 3.66. The maximum Gasteiger partial charge on any atom is 0.0451 e. The first kappa shape index (κ1) is 11.0. The van der Waals surface area contributed by atoms with E-state index in [0.717, 1.165) is 5.92 Å². The van der Waals surface area contributed by atoms with E-state index in [-0.39, 0.29) is 0 Å². The lowest BCUT2D eigenvalue weighted by molar-refractivity contribution is 0.177. The Morgan fingerprint density at radius 2 is 2.27 bits per heavy atom. The van der Waals surface area contributed by atoms with E-state index in [1.807, 2.05) is 0 Å². The summed E-state index contributed by atoms with van der Waals surface area (Å²) in [6, 6.07) is 2.85. The Hall–Kier alpha value is -0.500. The molecule has 2 heteroatoms. The second-order valence-corrected chi connectivity index (χ2v) is 6.43. The largest absolute Gasteiger partial charge is 0.381 e. The molecule has 1 aliphatic carbocycles. The summed E-state index contributed by atoms with van der Waals surface area (Å²) in [5, 5.41) is 8.00. The van der Waals surface area contributed by atoms with Gasteiger partial charge >= 0.3 is 0 Å². The fraction of sp³-hybridized carbons (Fsp3) is 0.692. The van der Waals surface area contributed by atoms with Gasteiger partial charge in [0, 0.05) is 17.1 Å². The summed E-state index contributed by atoms with van der Waals surface area (Å²) in [6.45, 7) is 7.17. The summed E-state index contributed by atoms with van der Waals surface area (Å²) in [7, 11) is 0. The fourth-order valence-corrected chi connectivity index (χ4v) is 3.32. The minimum absolute atomic E-state index is 0.548. The molecule has 1 fully saturated rings. The van der Waals surface area contributed by atoms with E-state index in [2.05, 4.69) is 42.9 Å². The van der Waals surface area contributed by atoms with E-state index < -0.39 is 0 Å². The van der Waals surface area contributed by atoms with Crippen molar-refractivity contribution in [3.63, 3.8) is 0 Å². The molecule has 2 rings (SSSR count). The van der Waals surface area contributed by atoms with Gasteiger partial charge in [0.25, 0.3) is 0 Å². The molecular formula is C13H21NS. The van der Waals surface area contributed by atoms with Crippen LogP contribution < -0.4 is 5.32 Å². The molecule has 84 valence electrons. The molecule has 2 unspecified atom stereocenters. The van der Waals surface area contributed by atoms with Crippen LogP contribution in [0.3, 0.4) is 0 Å². The van der Waals surface area contributed by atoms with Crippen molar-refractivity contribution < 1.29 is 0 Å². The molecule has 0 bridgehead atoms. The molecule has 15 heavy (non-hydrogen) atoms. The molecule has 0 aliphatic heterocycles. The van der Waals surface area contributed by atoms with Gasteiger partial charge in [-0.2, -0.15) is 11.3 Å². The lowest BCUT2D eigenvalue weighted by Gasteiger charge is -2.39. The number of anilines is 1. The lowest BCUT2D eigenvalue weighted by Crippen LogP contribution is -2.36. The minimum Gasteiger partial charge on any atom is -0.381 e. The summed E-state index contributed by atoms with van der Waals surface area (Å²) < 4.78 is 0. The Morgan fingerprint density at radius 1 is 1.47 bits per heavy atom. The molecule has 0 radical (unpaired) electrons. The molecule has 2 atom stereocenters. The highest BCUT2D eigenvalue weighted by Crippen LogP contribution is 2.39. The molecule has 1 nitrogen and oxygen atoms in total. The molecule has 1 aromatic rings. The van der Waals surface area contributed by atoms with Gasteiger partial charge in [0.2, 0.25) is 0 Å². The Bertz CT molecular complexity index is 302. The lowest BCUT2D eigenvalue weighted by atomic mass is 9.70. The number of hydrogen-bond donors (Lipinski definition) is 1. The smallest absolute Gasteiger partial charge is 0.0451 e. The Kier molecular flexibility index (Phi) is 3.06. The average Bonchev–Trinajstić information content (AvgIpc) is 2.61. The van der Waals surface area contributed by atoms with Crippen molar-refractivity contribution in [3.8, 4) is 0 Å². The van der Waals surface area contributed by atoms with Gasteiger partial charge in [0.05, 0.1) is 0 Å². The van der Waals surface area contributed by atoms with Gasteiger partial charge in [-0.3, -0.25) is 0 Å². The topological polar surface area (TPSA) is 12.0 Å². The van der Waals surface area contributed by atoms with Crippen LogP contribution in [-0.4, -0.2) is 6.04 Å². The third-order valence-corrected chi connectivity index (χ3v) is 4.25. The van der Waals surface area contributed by atoms with Crippen LogP contribution in [0, 0.1) is 11.3 Å². The van der Waals surface area contributed by atoms with Crippen molar-refractivity contribution in [1.82, 2.24) is 0 Å². The second-order valence-electron chi connectivity index (χ2n) is 5.65. The third kappa shape index (κ3) is 2.75. The highest BCUT2D eigenvalue weighted by Gasteiger charge is 2.32. The molecule has 1 N–H and O–H groups in total. The van der Waals surface area contributed by atoms with Crippen molar-refractivity contribution in [2.75, 3.05) is 5.32 Å². The Balaban J connectivity index is 1.95. The zero-order chi connectivity index (χ0) is 10.9.